The summed E-state index contributed by atoms with van der Waals surface area (Å²) in [5, 5.41) is 11.3. The Bertz CT molecular complexity index is 1140. The van der Waals surface area contributed by atoms with Gasteiger partial charge in [-0.05, 0) is 31.2 Å². The van der Waals surface area contributed by atoms with Crippen LogP contribution >= 0.6 is 11.8 Å². The van der Waals surface area contributed by atoms with Crippen molar-refractivity contribution in [3.8, 4) is 0 Å². The lowest BCUT2D eigenvalue weighted by Crippen LogP contribution is -2.50. The maximum absolute atomic E-state index is 12.8. The summed E-state index contributed by atoms with van der Waals surface area (Å²) < 4.78 is 26.9. The molecule has 1 aliphatic rings. The predicted molar refractivity (Wildman–Crippen MR) is 119 cm³/mol. The molecule has 10 nitrogen and oxygen atoms in total. The number of nitro groups is 1. The number of nitrogens with zero attached hydrogens (tertiary/aromatic N) is 3. The Balaban J connectivity index is 1.60. The fourth-order valence-corrected chi connectivity index (χ4v) is 5.53. The molecule has 32 heavy (non-hydrogen) atoms. The van der Waals surface area contributed by atoms with E-state index >= 15 is 0 Å². The minimum absolute atomic E-state index is 0.0123. The first-order valence-corrected chi connectivity index (χ1v) is 12.1. The largest absolute Gasteiger partial charge is 0.366 e. The van der Waals surface area contributed by atoms with Gasteiger partial charge < -0.3 is 10.6 Å². The molecule has 1 heterocycles. The Labute approximate surface area is 189 Å². The molecule has 0 aromatic heterocycles. The molecule has 2 amide bonds. The molecule has 0 unspecified atom stereocenters. The molecule has 3 rings (SSSR count). The Morgan fingerprint density at radius 3 is 2.28 bits per heavy atom. The number of nitrogens with two attached hydrogens (primary N) is 1. The standard InChI is InChI=1S/C20H22N4O6S2/c1-14-2-5-16(6-3-14)32(29,30)23-10-8-22(9-11-23)19(25)13-31-18-7-4-15(20(21)26)12-17(18)24(27)28/h2-7,12H,8-11,13H2,1H3,(H2,21,26). The number of hydrogen-bond donors (Lipinski definition) is 1. The van der Waals surface area contributed by atoms with Crippen LogP contribution in [0.2, 0.25) is 0 Å². The quantitative estimate of drug-likeness (QED) is 0.362. The van der Waals surface area contributed by atoms with E-state index in [4.69, 9.17) is 5.73 Å². The first-order valence-electron chi connectivity index (χ1n) is 9.65. The fraction of sp³-hybridized carbons (Fsp3) is 0.300. The fourth-order valence-electron chi connectivity index (χ4n) is 3.20. The second kappa shape index (κ2) is 9.67. The number of carbonyl (C=O) groups is 2. The van der Waals surface area contributed by atoms with Gasteiger partial charge in [0.15, 0.2) is 0 Å². The van der Waals surface area contributed by atoms with Crippen molar-refractivity contribution in [2.75, 3.05) is 31.9 Å². The number of amides is 2. The third-order valence-electron chi connectivity index (χ3n) is 5.04. The smallest absolute Gasteiger partial charge is 0.283 e. The van der Waals surface area contributed by atoms with E-state index in [1.807, 2.05) is 6.92 Å². The summed E-state index contributed by atoms with van der Waals surface area (Å²) >= 11 is 0.985. The van der Waals surface area contributed by atoms with Crippen molar-refractivity contribution in [1.82, 2.24) is 9.21 Å². The van der Waals surface area contributed by atoms with E-state index in [9.17, 15) is 28.1 Å². The molecular formula is C20H22N4O6S2. The zero-order chi connectivity index (χ0) is 23.5. The Morgan fingerprint density at radius 2 is 1.72 bits per heavy atom. The van der Waals surface area contributed by atoms with Crippen LogP contribution in [0, 0.1) is 17.0 Å². The van der Waals surface area contributed by atoms with Crippen molar-refractivity contribution in [2.45, 2.75) is 16.7 Å². The third-order valence-corrected chi connectivity index (χ3v) is 8.00. The maximum atomic E-state index is 12.8. The summed E-state index contributed by atoms with van der Waals surface area (Å²) in [4.78, 5) is 36.5. The van der Waals surface area contributed by atoms with Crippen LogP contribution in [0.15, 0.2) is 52.3 Å². The Kier molecular flexibility index (Phi) is 7.16. The van der Waals surface area contributed by atoms with Gasteiger partial charge in [-0.3, -0.25) is 19.7 Å². The van der Waals surface area contributed by atoms with Crippen LogP contribution in [0.25, 0.3) is 0 Å². The highest BCUT2D eigenvalue weighted by Crippen LogP contribution is 2.30. The second-order valence-corrected chi connectivity index (χ2v) is 10.1. The summed E-state index contributed by atoms with van der Waals surface area (Å²) in [6, 6.07) is 10.4. The van der Waals surface area contributed by atoms with Crippen LogP contribution in [0.3, 0.4) is 0 Å². The number of sulfonamides is 1. The molecule has 12 heteroatoms. The van der Waals surface area contributed by atoms with E-state index in [2.05, 4.69) is 0 Å². The molecule has 2 aromatic rings. The van der Waals surface area contributed by atoms with Gasteiger partial charge in [0.05, 0.1) is 20.5 Å². The van der Waals surface area contributed by atoms with Gasteiger partial charge in [-0.25, -0.2) is 8.42 Å². The van der Waals surface area contributed by atoms with Gasteiger partial charge in [-0.15, -0.1) is 11.8 Å². The minimum atomic E-state index is -3.63. The average molecular weight is 479 g/mol. The first-order chi connectivity index (χ1) is 15.1. The van der Waals surface area contributed by atoms with Crippen molar-refractivity contribution in [3.63, 3.8) is 0 Å². The zero-order valence-electron chi connectivity index (χ0n) is 17.3. The lowest BCUT2D eigenvalue weighted by molar-refractivity contribution is -0.387. The van der Waals surface area contributed by atoms with E-state index in [-0.39, 0.29) is 58.9 Å². The van der Waals surface area contributed by atoms with Gasteiger partial charge >= 0.3 is 0 Å². The van der Waals surface area contributed by atoms with Crippen LogP contribution in [-0.4, -0.2) is 66.3 Å². The number of piperazine rings is 1. The van der Waals surface area contributed by atoms with Crippen LogP contribution in [0.4, 0.5) is 5.69 Å². The molecule has 1 fully saturated rings. The molecule has 0 saturated carbocycles. The summed E-state index contributed by atoms with van der Waals surface area (Å²) in [7, 11) is -3.63. The number of carbonyl (C=O) groups excluding carboxylic acids is 2. The zero-order valence-corrected chi connectivity index (χ0v) is 18.9. The van der Waals surface area contributed by atoms with Crippen molar-refractivity contribution in [1.29, 1.82) is 0 Å². The molecule has 0 radical (unpaired) electrons. The number of primary amides is 1. The molecule has 1 aliphatic heterocycles. The van der Waals surface area contributed by atoms with Gasteiger partial charge in [0.25, 0.3) is 5.69 Å². The van der Waals surface area contributed by atoms with E-state index in [0.717, 1.165) is 23.4 Å². The highest BCUT2D eigenvalue weighted by atomic mass is 32.2. The molecule has 0 bridgehead atoms. The average Bonchev–Trinajstić information content (AvgIpc) is 2.77. The number of thioether (sulfide) groups is 1. The molecule has 0 aliphatic carbocycles. The molecule has 0 spiro atoms. The highest BCUT2D eigenvalue weighted by Gasteiger charge is 2.30. The lowest BCUT2D eigenvalue weighted by atomic mass is 10.2. The van der Waals surface area contributed by atoms with E-state index in [1.165, 1.54) is 21.3 Å². The third kappa shape index (κ3) is 5.26. The van der Waals surface area contributed by atoms with Crippen LogP contribution < -0.4 is 5.73 Å². The summed E-state index contributed by atoms with van der Waals surface area (Å²) in [5.74, 6) is -1.09. The van der Waals surface area contributed by atoms with E-state index in [0.29, 0.717) is 0 Å². The number of aryl methyl sites for hydroxylation is 1. The SMILES string of the molecule is Cc1ccc(S(=O)(=O)N2CCN(C(=O)CSc3ccc(C(N)=O)cc3[N+](=O)[O-])CC2)cc1. The Morgan fingerprint density at radius 1 is 1.09 bits per heavy atom. The number of nitro benzene ring substituents is 1. The monoisotopic (exact) mass is 478 g/mol. The summed E-state index contributed by atoms with van der Waals surface area (Å²) in [6.07, 6.45) is 0. The molecule has 1 saturated heterocycles. The van der Waals surface area contributed by atoms with Crippen molar-refractivity contribution < 1.29 is 22.9 Å². The summed E-state index contributed by atoms with van der Waals surface area (Å²) in [5.41, 5.74) is 5.84. The summed E-state index contributed by atoms with van der Waals surface area (Å²) in [6.45, 7) is 2.67. The Hall–Kier alpha value is -2.96. The van der Waals surface area contributed by atoms with Gasteiger partial charge in [0, 0.05) is 37.8 Å². The second-order valence-electron chi connectivity index (χ2n) is 7.19. The number of benzene rings is 2. The lowest BCUT2D eigenvalue weighted by Gasteiger charge is -2.34. The van der Waals surface area contributed by atoms with Crippen molar-refractivity contribution in [3.05, 3.63) is 63.7 Å². The predicted octanol–water partition coefficient (Wildman–Crippen LogP) is 1.63. The molecular weight excluding hydrogens is 456 g/mol. The number of hydrogen-bond acceptors (Lipinski definition) is 7. The number of rotatable bonds is 7. The highest BCUT2D eigenvalue weighted by molar-refractivity contribution is 8.00. The van der Waals surface area contributed by atoms with Crippen molar-refractivity contribution in [2.24, 2.45) is 5.73 Å². The van der Waals surface area contributed by atoms with Crippen LogP contribution in [-0.2, 0) is 14.8 Å². The van der Waals surface area contributed by atoms with Crippen molar-refractivity contribution >= 4 is 39.3 Å². The van der Waals surface area contributed by atoms with Crippen LogP contribution in [0.1, 0.15) is 15.9 Å². The van der Waals surface area contributed by atoms with Gasteiger partial charge in [-0.2, -0.15) is 4.31 Å². The first kappa shape index (κ1) is 23.7. The van der Waals surface area contributed by atoms with Gasteiger partial charge in [0.2, 0.25) is 21.8 Å². The maximum Gasteiger partial charge on any atom is 0.283 e. The minimum Gasteiger partial charge on any atom is -0.366 e. The van der Waals surface area contributed by atoms with Gasteiger partial charge in [0.1, 0.15) is 0 Å². The molecule has 170 valence electrons. The molecule has 2 aromatic carbocycles. The van der Waals surface area contributed by atoms with E-state index in [1.54, 1.807) is 24.3 Å². The topological polar surface area (TPSA) is 144 Å². The molecule has 2 N–H and O–H groups in total. The van der Waals surface area contributed by atoms with E-state index < -0.39 is 20.9 Å². The van der Waals surface area contributed by atoms with Crippen LogP contribution in [0.5, 0.6) is 0 Å². The normalized spacial score (nSPS) is 14.8. The van der Waals surface area contributed by atoms with Gasteiger partial charge in [-0.1, -0.05) is 17.7 Å². The molecule has 0 atom stereocenters.